The second-order valence-corrected chi connectivity index (χ2v) is 11.7. The summed E-state index contributed by atoms with van der Waals surface area (Å²) < 4.78 is 79.3. The maximum absolute atomic E-state index is 12.3. The molecule has 238 valence electrons. The molecule has 4 rings (SSSR count). The number of methoxy groups -OCH3 is 2. The van der Waals surface area contributed by atoms with E-state index < -0.39 is 34.3 Å². The first-order valence-electron chi connectivity index (χ1n) is 13.7. The third-order valence-electron chi connectivity index (χ3n) is 6.83. The van der Waals surface area contributed by atoms with Crippen molar-refractivity contribution in [2.24, 2.45) is 0 Å². The molecular weight excluding hydrogens is 605 g/mol. The van der Waals surface area contributed by atoms with E-state index in [9.17, 15) is 26.4 Å². The maximum atomic E-state index is 12.3. The fourth-order valence-electron chi connectivity index (χ4n) is 4.60. The monoisotopic (exact) mass is 638 g/mol. The van der Waals surface area contributed by atoms with Crippen molar-refractivity contribution in [3.8, 4) is 28.4 Å². The zero-order chi connectivity index (χ0) is 31.9. The molecule has 1 saturated heterocycles. The minimum atomic E-state index is -4.67. The molecule has 3 heterocycles. The predicted octanol–water partition coefficient (Wildman–Crippen LogP) is 3.29. The van der Waals surface area contributed by atoms with Crippen LogP contribution in [0, 0.1) is 0 Å². The number of hydrogen-bond donors (Lipinski definition) is 1. The van der Waals surface area contributed by atoms with E-state index in [1.54, 1.807) is 31.3 Å². The molecule has 1 aliphatic rings. The molecule has 0 atom stereocenters. The molecule has 1 aromatic carbocycles. The Hall–Kier alpha value is -4.18. The Bertz CT molecular complexity index is 1520. The summed E-state index contributed by atoms with van der Waals surface area (Å²) in [6.45, 7) is 5.50. The number of hydrogen-bond acceptors (Lipinski definition) is 11. The largest absolute Gasteiger partial charge is 0.496 e. The summed E-state index contributed by atoms with van der Waals surface area (Å²) in [5, 5.41) is 7.80. The van der Waals surface area contributed by atoms with Gasteiger partial charge in [-0.1, -0.05) is 0 Å². The molecule has 0 saturated carbocycles. The lowest BCUT2D eigenvalue weighted by Crippen LogP contribution is -2.46. The van der Waals surface area contributed by atoms with Crippen LogP contribution in [0.25, 0.3) is 11.1 Å². The zero-order valence-corrected chi connectivity index (χ0v) is 25.2. The lowest BCUT2D eigenvalue weighted by molar-refractivity contribution is -0.130. The molecular formula is C28H33F3N6O6S. The van der Waals surface area contributed by atoms with Gasteiger partial charge in [0.1, 0.15) is 17.2 Å². The number of ether oxygens (including phenoxy) is 3. The Labute approximate surface area is 253 Å². The van der Waals surface area contributed by atoms with E-state index in [0.717, 1.165) is 16.7 Å². The van der Waals surface area contributed by atoms with Gasteiger partial charge in [0.05, 0.1) is 44.8 Å². The molecule has 44 heavy (non-hydrogen) atoms. The Balaban J connectivity index is 1.38. The Morgan fingerprint density at radius 1 is 0.977 bits per heavy atom. The number of pyridine rings is 1. The number of rotatable bonds is 12. The van der Waals surface area contributed by atoms with Crippen LogP contribution in [0.4, 0.5) is 19.0 Å². The highest BCUT2D eigenvalue weighted by Crippen LogP contribution is 2.37. The standard InChI is InChI=1S/C28H33F3N6O6S/c1-4-43-21-13-20(16-32-17-21)19-14-24(41-2)22(25(15-19)42-3)18-36-8-10-37(11-9-36)26-6-5-23(33-34-26)27(38)35-44(39,40)12-7-28(29,30)31/h5-6,13-17H,4,7-12,18H2,1-3H3,(H,35,38). The normalized spacial score (nSPS) is 14.3. The van der Waals surface area contributed by atoms with E-state index in [0.29, 0.717) is 62.4 Å². The van der Waals surface area contributed by atoms with Crippen LogP contribution in [0.15, 0.2) is 42.7 Å². The van der Waals surface area contributed by atoms with Gasteiger partial charge in [0.2, 0.25) is 10.0 Å². The minimum Gasteiger partial charge on any atom is -0.496 e. The molecule has 16 heteroatoms. The molecule has 2 aromatic heterocycles. The number of aromatic nitrogens is 3. The molecule has 12 nitrogen and oxygen atoms in total. The summed E-state index contributed by atoms with van der Waals surface area (Å²) in [5.41, 5.74) is 2.30. The molecule has 3 aromatic rings. The van der Waals surface area contributed by atoms with Crippen LogP contribution in [0.5, 0.6) is 17.2 Å². The number of piperazine rings is 1. The highest BCUT2D eigenvalue weighted by Gasteiger charge is 2.31. The summed E-state index contributed by atoms with van der Waals surface area (Å²) in [7, 11) is -1.27. The van der Waals surface area contributed by atoms with Crippen molar-refractivity contribution in [3.05, 3.63) is 54.0 Å². The first-order valence-corrected chi connectivity index (χ1v) is 15.3. The third-order valence-corrected chi connectivity index (χ3v) is 8.07. The molecule has 0 bridgehead atoms. The van der Waals surface area contributed by atoms with Crippen LogP contribution in [0.1, 0.15) is 29.4 Å². The van der Waals surface area contributed by atoms with Crippen molar-refractivity contribution in [2.75, 3.05) is 57.7 Å². The van der Waals surface area contributed by atoms with Gasteiger partial charge in [0, 0.05) is 44.5 Å². The quantitative estimate of drug-likeness (QED) is 0.313. The van der Waals surface area contributed by atoms with Crippen molar-refractivity contribution in [3.63, 3.8) is 0 Å². The second kappa shape index (κ2) is 14.1. The summed E-state index contributed by atoms with van der Waals surface area (Å²) >= 11 is 0. The summed E-state index contributed by atoms with van der Waals surface area (Å²) in [6.07, 6.45) is -2.83. The Morgan fingerprint density at radius 2 is 1.66 bits per heavy atom. The Kier molecular flexibility index (Phi) is 10.5. The maximum Gasteiger partial charge on any atom is 0.390 e. The van der Waals surface area contributed by atoms with Gasteiger partial charge in [-0.2, -0.15) is 13.2 Å². The van der Waals surface area contributed by atoms with Crippen LogP contribution in [-0.4, -0.2) is 93.3 Å². The van der Waals surface area contributed by atoms with Crippen molar-refractivity contribution < 1.29 is 40.6 Å². The van der Waals surface area contributed by atoms with E-state index >= 15 is 0 Å². The zero-order valence-electron chi connectivity index (χ0n) is 24.4. The molecule has 0 unspecified atom stereocenters. The SMILES string of the molecule is CCOc1cncc(-c2cc(OC)c(CN3CCN(c4ccc(C(=O)NS(=O)(=O)CCC(F)(F)F)nn4)CC3)c(OC)c2)c1. The number of anilines is 1. The highest BCUT2D eigenvalue weighted by atomic mass is 32.2. The van der Waals surface area contributed by atoms with Gasteiger partial charge in [-0.3, -0.25) is 14.7 Å². The molecule has 1 amide bonds. The second-order valence-electron chi connectivity index (χ2n) is 9.86. The van der Waals surface area contributed by atoms with Crippen molar-refractivity contribution in [2.45, 2.75) is 26.1 Å². The van der Waals surface area contributed by atoms with Crippen LogP contribution >= 0.6 is 0 Å². The number of benzene rings is 1. The molecule has 0 aliphatic carbocycles. The number of carbonyl (C=O) groups is 1. The van der Waals surface area contributed by atoms with Crippen LogP contribution in [0.2, 0.25) is 0 Å². The van der Waals surface area contributed by atoms with E-state index in [2.05, 4.69) is 20.1 Å². The Morgan fingerprint density at radius 3 is 2.23 bits per heavy atom. The number of halogens is 3. The van der Waals surface area contributed by atoms with Gasteiger partial charge in [-0.05, 0) is 42.8 Å². The lowest BCUT2D eigenvalue weighted by Gasteiger charge is -2.35. The molecule has 0 spiro atoms. The van der Waals surface area contributed by atoms with E-state index in [1.165, 1.54) is 12.1 Å². The van der Waals surface area contributed by atoms with Gasteiger partial charge >= 0.3 is 6.18 Å². The van der Waals surface area contributed by atoms with Crippen molar-refractivity contribution in [1.82, 2.24) is 24.8 Å². The minimum absolute atomic E-state index is 0.328. The highest BCUT2D eigenvalue weighted by molar-refractivity contribution is 7.90. The van der Waals surface area contributed by atoms with E-state index in [1.807, 2.05) is 30.0 Å². The van der Waals surface area contributed by atoms with Gasteiger partial charge in [0.25, 0.3) is 5.91 Å². The first kappa shape index (κ1) is 32.7. The smallest absolute Gasteiger partial charge is 0.390 e. The summed E-state index contributed by atoms with van der Waals surface area (Å²) in [6, 6.07) is 8.58. The van der Waals surface area contributed by atoms with Gasteiger partial charge in [-0.25, -0.2) is 13.1 Å². The summed E-state index contributed by atoms with van der Waals surface area (Å²) in [4.78, 5) is 20.7. The van der Waals surface area contributed by atoms with Gasteiger partial charge < -0.3 is 19.1 Å². The first-order chi connectivity index (χ1) is 20.9. The number of alkyl halides is 3. The van der Waals surface area contributed by atoms with Crippen molar-refractivity contribution in [1.29, 1.82) is 0 Å². The average Bonchev–Trinajstić information content (AvgIpc) is 3.00. The van der Waals surface area contributed by atoms with Gasteiger partial charge in [-0.15, -0.1) is 10.2 Å². The fourth-order valence-corrected chi connectivity index (χ4v) is 5.59. The molecule has 0 radical (unpaired) electrons. The summed E-state index contributed by atoms with van der Waals surface area (Å²) in [5.74, 6) is 0.0687. The van der Waals surface area contributed by atoms with Gasteiger partial charge in [0.15, 0.2) is 11.5 Å². The molecule has 1 N–H and O–H groups in total. The fraction of sp³-hybridized carbons (Fsp3) is 0.429. The third kappa shape index (κ3) is 8.69. The molecule has 1 aliphatic heterocycles. The van der Waals surface area contributed by atoms with Crippen LogP contribution in [0.3, 0.4) is 0 Å². The van der Waals surface area contributed by atoms with E-state index in [-0.39, 0.29) is 5.69 Å². The number of nitrogens with one attached hydrogen (secondary N) is 1. The van der Waals surface area contributed by atoms with Crippen LogP contribution in [-0.2, 0) is 16.6 Å². The number of nitrogens with zero attached hydrogens (tertiary/aromatic N) is 5. The van der Waals surface area contributed by atoms with E-state index in [4.69, 9.17) is 14.2 Å². The lowest BCUT2D eigenvalue weighted by atomic mass is 10.0. The van der Waals surface area contributed by atoms with Crippen molar-refractivity contribution >= 4 is 21.7 Å². The topological polar surface area (TPSA) is 136 Å². The average molecular weight is 639 g/mol. The van der Waals surface area contributed by atoms with Crippen LogP contribution < -0.4 is 23.8 Å². The number of sulfonamides is 1. The molecule has 1 fully saturated rings. The predicted molar refractivity (Wildman–Crippen MR) is 155 cm³/mol. The number of amides is 1. The number of carbonyl (C=O) groups excluding carboxylic acids is 1.